The van der Waals surface area contributed by atoms with Crippen LogP contribution in [0, 0.1) is 22.7 Å². The lowest BCUT2D eigenvalue weighted by Crippen LogP contribution is -2.46. The Kier molecular flexibility index (Phi) is 8.16. The predicted octanol–water partition coefficient (Wildman–Crippen LogP) is 2.57. The van der Waals surface area contributed by atoms with E-state index < -0.39 is 11.8 Å². The number of carbonyl (C=O) groups is 2. The highest BCUT2D eigenvalue weighted by molar-refractivity contribution is 6.02. The van der Waals surface area contributed by atoms with E-state index in [9.17, 15) is 40.5 Å². The van der Waals surface area contributed by atoms with Crippen molar-refractivity contribution in [3.05, 3.63) is 58.7 Å². The molecule has 2 unspecified atom stereocenters. The lowest BCUT2D eigenvalue weighted by molar-refractivity contribution is -0.118. The van der Waals surface area contributed by atoms with Crippen molar-refractivity contribution in [2.45, 2.75) is 37.8 Å². The first kappa shape index (κ1) is 25.7. The number of nitrogens with zero attached hydrogens (tertiary/aromatic N) is 2. The summed E-state index contributed by atoms with van der Waals surface area (Å²) in [5, 5.41) is 62.4. The lowest BCUT2D eigenvalue weighted by Gasteiger charge is -2.30. The number of aromatic hydroxyl groups is 4. The van der Waals surface area contributed by atoms with E-state index in [1.54, 1.807) is 0 Å². The van der Waals surface area contributed by atoms with Gasteiger partial charge in [-0.05, 0) is 73.2 Å². The monoisotopic (exact) mass is 488 g/mol. The molecule has 2 aromatic rings. The van der Waals surface area contributed by atoms with Crippen molar-refractivity contribution in [1.82, 2.24) is 10.6 Å². The molecule has 0 saturated heterocycles. The number of amides is 2. The van der Waals surface area contributed by atoms with E-state index in [-0.39, 0.29) is 46.2 Å². The summed E-state index contributed by atoms with van der Waals surface area (Å²) in [6.07, 6.45) is 4.97. The number of nitrogens with one attached hydrogen (secondary N) is 2. The molecule has 1 aliphatic carbocycles. The van der Waals surface area contributed by atoms with Gasteiger partial charge in [0.1, 0.15) is 23.3 Å². The van der Waals surface area contributed by atoms with Gasteiger partial charge >= 0.3 is 0 Å². The first-order valence-electron chi connectivity index (χ1n) is 11.1. The van der Waals surface area contributed by atoms with Gasteiger partial charge in [-0.25, -0.2) is 0 Å². The van der Waals surface area contributed by atoms with Crippen LogP contribution in [-0.2, 0) is 9.59 Å². The Morgan fingerprint density at radius 3 is 1.53 bits per heavy atom. The van der Waals surface area contributed by atoms with Crippen LogP contribution < -0.4 is 10.6 Å². The number of benzene rings is 2. The molecule has 10 heteroatoms. The number of phenolic OH excluding ortho intramolecular Hbond substituents is 4. The summed E-state index contributed by atoms with van der Waals surface area (Å²) >= 11 is 0. The second kappa shape index (κ2) is 11.4. The average Bonchev–Trinajstić information content (AvgIpc) is 2.85. The third kappa shape index (κ3) is 6.55. The summed E-state index contributed by atoms with van der Waals surface area (Å²) in [5.74, 6) is -2.60. The molecule has 6 N–H and O–H groups in total. The number of hydrogen-bond acceptors (Lipinski definition) is 8. The maximum Gasteiger partial charge on any atom is 0.262 e. The van der Waals surface area contributed by atoms with Crippen molar-refractivity contribution >= 4 is 24.0 Å². The third-order valence-electron chi connectivity index (χ3n) is 5.70. The largest absolute Gasteiger partial charge is 0.504 e. The van der Waals surface area contributed by atoms with Gasteiger partial charge in [0, 0.05) is 12.1 Å². The van der Waals surface area contributed by atoms with Crippen molar-refractivity contribution in [2.24, 2.45) is 0 Å². The van der Waals surface area contributed by atoms with E-state index in [4.69, 9.17) is 0 Å². The topological polar surface area (TPSA) is 187 Å². The van der Waals surface area contributed by atoms with E-state index in [0.717, 1.165) is 0 Å². The number of carbonyl (C=O) groups excluding carboxylic acids is 2. The van der Waals surface area contributed by atoms with Crippen LogP contribution in [0.2, 0.25) is 0 Å². The van der Waals surface area contributed by atoms with Gasteiger partial charge in [0.05, 0.1) is 0 Å². The van der Waals surface area contributed by atoms with Crippen LogP contribution in [0.4, 0.5) is 0 Å². The van der Waals surface area contributed by atoms with Gasteiger partial charge in [0.15, 0.2) is 23.0 Å². The minimum atomic E-state index is -0.605. The molecule has 2 atom stereocenters. The molecule has 36 heavy (non-hydrogen) atoms. The zero-order chi connectivity index (χ0) is 26.2. The molecule has 0 spiro atoms. The van der Waals surface area contributed by atoms with Crippen LogP contribution >= 0.6 is 0 Å². The summed E-state index contributed by atoms with van der Waals surface area (Å²) < 4.78 is 0. The van der Waals surface area contributed by atoms with Crippen molar-refractivity contribution < 1.29 is 30.0 Å². The average molecular weight is 489 g/mol. The molecule has 184 valence electrons. The van der Waals surface area contributed by atoms with E-state index >= 15 is 0 Å². The van der Waals surface area contributed by atoms with Crippen LogP contribution in [-0.4, -0.2) is 44.3 Å². The minimum absolute atomic E-state index is 0.182. The van der Waals surface area contributed by atoms with Crippen LogP contribution in [0.1, 0.15) is 36.8 Å². The van der Waals surface area contributed by atoms with Crippen LogP contribution in [0.3, 0.4) is 0 Å². The number of phenols is 4. The number of hydrogen-bond donors (Lipinski definition) is 6. The first-order chi connectivity index (χ1) is 17.2. The van der Waals surface area contributed by atoms with Gasteiger partial charge in [-0.2, -0.15) is 10.5 Å². The zero-order valence-corrected chi connectivity index (χ0v) is 19.1. The fraction of sp³-hybridized carbons (Fsp3) is 0.231. The summed E-state index contributed by atoms with van der Waals surface area (Å²) in [6, 6.07) is 10.9. The standard InChI is InChI=1S/C26H24N4O6/c27-13-17(8-15-4-6-21(31)23(33)10-15)25(35)29-19-2-1-3-20(12-19)30-26(36)18(14-28)9-16-5-7-22(32)24(34)11-16/h4-11,19-20,31-34H,1-3,12H2,(H,29,35)(H,30,36)/b17-8+,18-9+. The van der Waals surface area contributed by atoms with E-state index in [1.807, 2.05) is 12.1 Å². The Balaban J connectivity index is 1.63. The Hall–Kier alpha value is -4.96. The van der Waals surface area contributed by atoms with Gasteiger partial charge in [-0.3, -0.25) is 9.59 Å². The molecule has 1 fully saturated rings. The smallest absolute Gasteiger partial charge is 0.262 e. The molecule has 0 aromatic heterocycles. The van der Waals surface area contributed by atoms with E-state index in [2.05, 4.69) is 10.6 Å². The Morgan fingerprint density at radius 1 is 0.750 bits per heavy atom. The SMILES string of the molecule is N#C/C(=C\c1ccc(O)c(O)c1)C(=O)NC1CCCC(NC(=O)/C(C#N)=C/c2ccc(O)c(O)c2)C1. The predicted molar refractivity (Wildman–Crippen MR) is 129 cm³/mol. The summed E-state index contributed by atoms with van der Waals surface area (Å²) in [6.45, 7) is 0. The maximum atomic E-state index is 12.6. The van der Waals surface area contributed by atoms with Gasteiger partial charge in [0.25, 0.3) is 11.8 Å². The Bertz CT molecular complexity index is 1220. The number of rotatable bonds is 6. The van der Waals surface area contributed by atoms with Crippen LogP contribution in [0.5, 0.6) is 23.0 Å². The highest BCUT2D eigenvalue weighted by Crippen LogP contribution is 2.27. The Morgan fingerprint density at radius 2 is 1.17 bits per heavy atom. The molecule has 0 aliphatic heterocycles. The summed E-state index contributed by atoms with van der Waals surface area (Å²) in [5.41, 5.74) is 0.364. The van der Waals surface area contributed by atoms with Gasteiger partial charge < -0.3 is 31.1 Å². The maximum absolute atomic E-state index is 12.6. The molecule has 2 aromatic carbocycles. The summed E-state index contributed by atoms with van der Waals surface area (Å²) in [4.78, 5) is 25.3. The van der Waals surface area contributed by atoms with Crippen molar-refractivity contribution in [3.63, 3.8) is 0 Å². The van der Waals surface area contributed by atoms with E-state index in [0.29, 0.717) is 36.8 Å². The van der Waals surface area contributed by atoms with Crippen molar-refractivity contribution in [1.29, 1.82) is 10.5 Å². The molecule has 10 nitrogen and oxygen atoms in total. The minimum Gasteiger partial charge on any atom is -0.504 e. The van der Waals surface area contributed by atoms with Crippen molar-refractivity contribution in [2.75, 3.05) is 0 Å². The quantitative estimate of drug-likeness (QED) is 0.203. The molecule has 3 rings (SSSR count). The fourth-order valence-electron chi connectivity index (χ4n) is 3.87. The highest BCUT2D eigenvalue weighted by Gasteiger charge is 2.26. The second-order valence-electron chi connectivity index (χ2n) is 8.34. The van der Waals surface area contributed by atoms with Crippen LogP contribution in [0.25, 0.3) is 12.2 Å². The van der Waals surface area contributed by atoms with Gasteiger partial charge in [0.2, 0.25) is 0 Å². The van der Waals surface area contributed by atoms with Crippen molar-refractivity contribution in [3.8, 4) is 35.1 Å². The van der Waals surface area contributed by atoms with Crippen LogP contribution in [0.15, 0.2) is 47.5 Å². The normalized spacial score (nSPS) is 17.9. The molecule has 1 saturated carbocycles. The fourth-order valence-corrected chi connectivity index (χ4v) is 3.87. The lowest BCUT2D eigenvalue weighted by atomic mass is 9.90. The molecule has 0 radical (unpaired) electrons. The highest BCUT2D eigenvalue weighted by atomic mass is 16.3. The number of nitriles is 2. The molecular formula is C26H24N4O6. The zero-order valence-electron chi connectivity index (χ0n) is 19.1. The molecule has 1 aliphatic rings. The van der Waals surface area contributed by atoms with Gasteiger partial charge in [-0.1, -0.05) is 12.1 Å². The van der Waals surface area contributed by atoms with Gasteiger partial charge in [-0.15, -0.1) is 0 Å². The second-order valence-corrected chi connectivity index (χ2v) is 8.34. The first-order valence-corrected chi connectivity index (χ1v) is 11.1. The molecular weight excluding hydrogens is 464 g/mol. The molecule has 2 amide bonds. The molecule has 0 bridgehead atoms. The summed E-state index contributed by atoms with van der Waals surface area (Å²) in [7, 11) is 0. The third-order valence-corrected chi connectivity index (χ3v) is 5.70. The Labute approximate surface area is 207 Å². The van der Waals surface area contributed by atoms with E-state index in [1.165, 1.54) is 48.6 Å². The molecule has 0 heterocycles.